The van der Waals surface area contributed by atoms with Crippen LogP contribution in [0.25, 0.3) is 16.7 Å². The Morgan fingerprint density at radius 3 is 2.75 bits per heavy atom. The van der Waals surface area contributed by atoms with Gasteiger partial charge in [-0.25, -0.2) is 18.2 Å². The number of halogens is 4. The molecule has 1 aliphatic heterocycles. The third-order valence-electron chi connectivity index (χ3n) is 5.57. The lowest BCUT2D eigenvalue weighted by Gasteiger charge is -2.22. The first-order valence-electron chi connectivity index (χ1n) is 10.1. The number of anilines is 1. The van der Waals surface area contributed by atoms with E-state index >= 15 is 0 Å². The molecule has 2 heterocycles. The molecule has 4 N–H and O–H groups in total. The van der Waals surface area contributed by atoms with Crippen LogP contribution in [-0.4, -0.2) is 51.7 Å². The fraction of sp³-hybridized carbons (Fsp3) is 0.333. The highest BCUT2D eigenvalue weighted by Crippen LogP contribution is 2.33. The van der Waals surface area contributed by atoms with E-state index in [2.05, 4.69) is 20.4 Å². The van der Waals surface area contributed by atoms with Crippen LogP contribution in [0.1, 0.15) is 24.8 Å². The highest BCUT2D eigenvalue weighted by Gasteiger charge is 2.26. The summed E-state index contributed by atoms with van der Waals surface area (Å²) >= 11 is 5.99. The second kappa shape index (κ2) is 8.87. The minimum Gasteiger partial charge on any atom is -0.409 e. The van der Waals surface area contributed by atoms with E-state index < -0.39 is 23.3 Å². The molecule has 0 aliphatic carbocycles. The summed E-state index contributed by atoms with van der Waals surface area (Å²) < 4.78 is 44.4. The maximum absolute atomic E-state index is 14.8. The summed E-state index contributed by atoms with van der Waals surface area (Å²) in [5.74, 6) is -3.22. The van der Waals surface area contributed by atoms with E-state index in [9.17, 15) is 18.4 Å². The van der Waals surface area contributed by atoms with E-state index in [-0.39, 0.29) is 33.6 Å². The molecule has 4 rings (SSSR count). The van der Waals surface area contributed by atoms with Gasteiger partial charge in [0.05, 0.1) is 16.2 Å². The van der Waals surface area contributed by atoms with Crippen molar-refractivity contribution in [2.75, 3.05) is 25.5 Å². The fourth-order valence-corrected chi connectivity index (χ4v) is 4.22. The van der Waals surface area contributed by atoms with E-state index in [0.717, 1.165) is 44.5 Å². The zero-order chi connectivity index (χ0) is 23.0. The van der Waals surface area contributed by atoms with Crippen molar-refractivity contribution >= 4 is 34.4 Å². The van der Waals surface area contributed by atoms with Crippen molar-refractivity contribution in [3.8, 4) is 5.69 Å². The molecular formula is C21H22ClF3N6O. The Hall–Kier alpha value is -2.98. The quantitative estimate of drug-likeness (QED) is 0.233. The van der Waals surface area contributed by atoms with Gasteiger partial charge in [0.15, 0.2) is 17.5 Å². The van der Waals surface area contributed by atoms with Gasteiger partial charge in [-0.2, -0.15) is 0 Å². The van der Waals surface area contributed by atoms with Crippen molar-refractivity contribution in [1.82, 2.24) is 14.5 Å². The molecule has 1 saturated heterocycles. The molecule has 2 aromatic carbocycles. The molecule has 0 saturated carbocycles. The molecule has 1 unspecified atom stereocenters. The van der Waals surface area contributed by atoms with Crippen LogP contribution in [0, 0.1) is 17.5 Å². The molecule has 1 atom stereocenters. The van der Waals surface area contributed by atoms with Crippen molar-refractivity contribution in [3.63, 3.8) is 0 Å². The highest BCUT2D eigenvalue weighted by molar-refractivity contribution is 6.30. The van der Waals surface area contributed by atoms with Crippen molar-refractivity contribution in [1.29, 1.82) is 0 Å². The molecule has 1 fully saturated rings. The summed E-state index contributed by atoms with van der Waals surface area (Å²) in [5, 5.41) is 15.3. The topological polar surface area (TPSA) is 91.7 Å². The molecule has 170 valence electrons. The molecule has 0 spiro atoms. The average Bonchev–Trinajstić information content (AvgIpc) is 3.01. The largest absolute Gasteiger partial charge is 0.409 e. The Labute approximate surface area is 187 Å². The molecule has 11 heteroatoms. The summed E-state index contributed by atoms with van der Waals surface area (Å²) in [6.07, 6.45) is 2.89. The number of aromatic nitrogens is 2. The van der Waals surface area contributed by atoms with Crippen LogP contribution in [0.2, 0.25) is 5.02 Å². The Kier molecular flexibility index (Phi) is 6.16. The number of likely N-dealkylation sites (N-methyl/N-ethyl adjacent to an activating group) is 1. The minimum absolute atomic E-state index is 0.0193. The van der Waals surface area contributed by atoms with Gasteiger partial charge in [0, 0.05) is 18.2 Å². The molecule has 1 aromatic heterocycles. The van der Waals surface area contributed by atoms with Gasteiger partial charge < -0.3 is 21.2 Å². The van der Waals surface area contributed by atoms with E-state index in [1.165, 1.54) is 16.7 Å². The predicted octanol–water partition coefficient (Wildman–Crippen LogP) is 4.09. The smallest absolute Gasteiger partial charge is 0.209 e. The second-order valence-electron chi connectivity index (χ2n) is 7.87. The van der Waals surface area contributed by atoms with Crippen LogP contribution in [0.3, 0.4) is 0 Å². The Balaban J connectivity index is 1.98. The maximum atomic E-state index is 14.8. The van der Waals surface area contributed by atoms with Gasteiger partial charge in [-0.15, -0.1) is 0 Å². The van der Waals surface area contributed by atoms with Crippen LogP contribution in [0.4, 0.5) is 19.1 Å². The lowest BCUT2D eigenvalue weighted by Crippen LogP contribution is -2.33. The number of hydrogen-bond donors (Lipinski definition) is 3. The lowest BCUT2D eigenvalue weighted by atomic mass is 10.1. The third-order valence-corrected chi connectivity index (χ3v) is 5.86. The first-order chi connectivity index (χ1) is 15.3. The summed E-state index contributed by atoms with van der Waals surface area (Å²) in [5.41, 5.74) is 5.80. The molecule has 0 radical (unpaired) electrons. The molecule has 1 aliphatic rings. The predicted molar refractivity (Wildman–Crippen MR) is 117 cm³/mol. The van der Waals surface area contributed by atoms with Gasteiger partial charge in [-0.3, -0.25) is 4.57 Å². The van der Waals surface area contributed by atoms with Crippen LogP contribution in [0.5, 0.6) is 0 Å². The van der Waals surface area contributed by atoms with Gasteiger partial charge in [0.1, 0.15) is 11.3 Å². The summed E-state index contributed by atoms with van der Waals surface area (Å²) in [7, 11) is 2.01. The van der Waals surface area contributed by atoms with Gasteiger partial charge in [-0.05, 0) is 50.7 Å². The second-order valence-corrected chi connectivity index (χ2v) is 8.28. The number of likely N-dealkylation sites (tertiary alicyclic amines) is 1. The SMILES string of the molecule is CN1CCCCC(Nc2nc3c(F)c(F)cc(C(N)=NO)c3n2-c2ccc(F)c(Cl)c2)C1. The van der Waals surface area contributed by atoms with Crippen LogP contribution in [-0.2, 0) is 0 Å². The fourth-order valence-electron chi connectivity index (χ4n) is 4.05. The summed E-state index contributed by atoms with van der Waals surface area (Å²) in [6.45, 7) is 1.67. The van der Waals surface area contributed by atoms with Crippen molar-refractivity contribution in [3.05, 3.63) is 52.3 Å². The average molecular weight is 467 g/mol. The molecule has 32 heavy (non-hydrogen) atoms. The first kappa shape index (κ1) is 22.2. The van der Waals surface area contributed by atoms with E-state index in [1.807, 2.05) is 7.05 Å². The molecule has 0 amide bonds. The number of benzene rings is 2. The number of fused-ring (bicyclic) bond motifs is 1. The molecule has 3 aromatic rings. The summed E-state index contributed by atoms with van der Waals surface area (Å²) in [6, 6.07) is 4.76. The van der Waals surface area contributed by atoms with Gasteiger partial charge >= 0.3 is 0 Å². The number of imidazole rings is 1. The monoisotopic (exact) mass is 466 g/mol. The van der Waals surface area contributed by atoms with E-state index in [0.29, 0.717) is 5.69 Å². The normalized spacial score (nSPS) is 18.2. The third kappa shape index (κ3) is 4.07. The zero-order valence-electron chi connectivity index (χ0n) is 17.2. The standard InChI is InChI=1S/C21H22ClF3N6O/c1-30-7-3-2-4-11(10-30)27-21-28-18-17(25)16(24)9-13(20(26)29-32)19(18)31(21)12-5-6-15(23)14(22)8-12/h5-6,8-9,11,32H,2-4,7,10H2,1H3,(H2,26,29)(H,27,28). The number of nitrogens with zero attached hydrogens (tertiary/aromatic N) is 4. The first-order valence-corrected chi connectivity index (χ1v) is 10.5. The van der Waals surface area contributed by atoms with Gasteiger partial charge in [0.2, 0.25) is 5.95 Å². The van der Waals surface area contributed by atoms with Crippen molar-refractivity contribution in [2.45, 2.75) is 25.3 Å². The number of hydrogen-bond acceptors (Lipinski definition) is 5. The van der Waals surface area contributed by atoms with Crippen molar-refractivity contribution in [2.24, 2.45) is 10.9 Å². The Bertz CT molecular complexity index is 1200. The Morgan fingerprint density at radius 2 is 2.03 bits per heavy atom. The molecule has 7 nitrogen and oxygen atoms in total. The van der Waals surface area contributed by atoms with Crippen LogP contribution in [0.15, 0.2) is 29.4 Å². The number of oxime groups is 1. The zero-order valence-corrected chi connectivity index (χ0v) is 18.0. The van der Waals surface area contributed by atoms with Crippen LogP contribution >= 0.6 is 11.6 Å². The Morgan fingerprint density at radius 1 is 1.25 bits per heavy atom. The minimum atomic E-state index is -1.19. The number of rotatable bonds is 4. The van der Waals surface area contributed by atoms with Gasteiger partial charge in [0.25, 0.3) is 0 Å². The molecule has 0 bridgehead atoms. The maximum Gasteiger partial charge on any atom is 0.209 e. The number of nitrogens with one attached hydrogen (secondary N) is 1. The molecular weight excluding hydrogens is 445 g/mol. The number of nitrogens with two attached hydrogens (primary N) is 1. The van der Waals surface area contributed by atoms with E-state index in [1.54, 1.807) is 0 Å². The number of amidine groups is 1. The highest BCUT2D eigenvalue weighted by atomic mass is 35.5. The van der Waals surface area contributed by atoms with Crippen LogP contribution < -0.4 is 11.1 Å². The lowest BCUT2D eigenvalue weighted by molar-refractivity contribution is 0.318. The van der Waals surface area contributed by atoms with E-state index in [4.69, 9.17) is 17.3 Å². The summed E-state index contributed by atoms with van der Waals surface area (Å²) in [4.78, 5) is 6.49. The van der Waals surface area contributed by atoms with Crippen molar-refractivity contribution < 1.29 is 18.4 Å². The van der Waals surface area contributed by atoms with Gasteiger partial charge in [-0.1, -0.05) is 23.2 Å².